The van der Waals surface area contributed by atoms with Gasteiger partial charge >= 0.3 is 0 Å². The molecular formula is C9H20S. The quantitative estimate of drug-likeness (QED) is 0.586. The van der Waals surface area contributed by atoms with Crippen molar-refractivity contribution >= 4 is 12.6 Å². The molecule has 0 saturated heterocycles. The van der Waals surface area contributed by atoms with Crippen LogP contribution in [0.1, 0.15) is 40.0 Å². The monoisotopic (exact) mass is 160 g/mol. The summed E-state index contributed by atoms with van der Waals surface area (Å²) in [4.78, 5) is 0. The highest BCUT2D eigenvalue weighted by molar-refractivity contribution is 7.80. The number of hydrogen-bond acceptors (Lipinski definition) is 1. The second-order valence-corrected chi connectivity index (χ2v) is 3.81. The van der Waals surface area contributed by atoms with Gasteiger partial charge in [0.2, 0.25) is 0 Å². The van der Waals surface area contributed by atoms with Crippen molar-refractivity contribution in [1.82, 2.24) is 0 Å². The van der Waals surface area contributed by atoms with Gasteiger partial charge in [0, 0.05) is 0 Å². The minimum atomic E-state index is 0.868. The molecule has 0 amide bonds. The van der Waals surface area contributed by atoms with Crippen LogP contribution in [0.5, 0.6) is 0 Å². The van der Waals surface area contributed by atoms with Crippen LogP contribution < -0.4 is 0 Å². The van der Waals surface area contributed by atoms with Crippen LogP contribution in [0.3, 0.4) is 0 Å². The molecule has 0 nitrogen and oxygen atoms in total. The average molecular weight is 160 g/mol. The van der Waals surface area contributed by atoms with Gasteiger partial charge in [0.15, 0.2) is 0 Å². The van der Waals surface area contributed by atoms with E-state index < -0.39 is 0 Å². The second-order valence-electron chi connectivity index (χ2n) is 3.37. The third-order valence-electron chi connectivity index (χ3n) is 2.12. The van der Waals surface area contributed by atoms with Crippen LogP contribution in [0.2, 0.25) is 0 Å². The van der Waals surface area contributed by atoms with E-state index in [9.17, 15) is 0 Å². The number of thiol groups is 1. The molecule has 1 heteroatoms. The van der Waals surface area contributed by atoms with Gasteiger partial charge < -0.3 is 0 Å². The van der Waals surface area contributed by atoms with Gasteiger partial charge in [-0.1, -0.05) is 27.2 Å². The van der Waals surface area contributed by atoms with E-state index in [-0.39, 0.29) is 0 Å². The molecule has 0 aliphatic heterocycles. The van der Waals surface area contributed by atoms with Gasteiger partial charge in [-0.2, -0.15) is 12.6 Å². The Bertz CT molecular complexity index is 71.1. The Morgan fingerprint density at radius 1 is 1.20 bits per heavy atom. The van der Waals surface area contributed by atoms with Crippen molar-refractivity contribution in [1.29, 1.82) is 0 Å². The first kappa shape index (κ1) is 10.3. The van der Waals surface area contributed by atoms with Crippen LogP contribution in [-0.2, 0) is 0 Å². The normalized spacial score (nSPS) is 16.8. The summed E-state index contributed by atoms with van der Waals surface area (Å²) in [5.41, 5.74) is 0. The summed E-state index contributed by atoms with van der Waals surface area (Å²) in [5.74, 6) is 2.81. The van der Waals surface area contributed by atoms with Crippen molar-refractivity contribution in [2.24, 2.45) is 11.8 Å². The molecule has 0 aliphatic carbocycles. The minimum absolute atomic E-state index is 0.868. The second kappa shape index (κ2) is 6.09. The molecule has 0 aliphatic rings. The summed E-state index contributed by atoms with van der Waals surface area (Å²) < 4.78 is 0. The molecule has 0 aromatic heterocycles. The SMILES string of the molecule is CCC(C)CC(C)CCS. The summed E-state index contributed by atoms with van der Waals surface area (Å²) in [6, 6.07) is 0. The molecule has 0 bridgehead atoms. The van der Waals surface area contributed by atoms with Gasteiger partial charge in [-0.15, -0.1) is 0 Å². The molecule has 10 heavy (non-hydrogen) atoms. The molecule has 0 fully saturated rings. The number of hydrogen-bond donors (Lipinski definition) is 1. The van der Waals surface area contributed by atoms with Gasteiger partial charge in [0.25, 0.3) is 0 Å². The summed E-state index contributed by atoms with van der Waals surface area (Å²) in [6.07, 6.45) is 3.96. The van der Waals surface area contributed by atoms with Crippen LogP contribution >= 0.6 is 12.6 Å². The molecule has 0 saturated carbocycles. The van der Waals surface area contributed by atoms with Crippen LogP contribution in [0, 0.1) is 11.8 Å². The standard InChI is InChI=1S/C9H20S/c1-4-8(2)7-9(3)5-6-10/h8-10H,4-7H2,1-3H3. The van der Waals surface area contributed by atoms with Crippen molar-refractivity contribution in [3.05, 3.63) is 0 Å². The van der Waals surface area contributed by atoms with E-state index in [0.29, 0.717) is 0 Å². The minimum Gasteiger partial charge on any atom is -0.179 e. The third-order valence-corrected chi connectivity index (χ3v) is 2.38. The zero-order valence-corrected chi connectivity index (χ0v) is 8.32. The first-order chi connectivity index (χ1) is 4.70. The molecule has 0 heterocycles. The van der Waals surface area contributed by atoms with Gasteiger partial charge in [-0.05, 0) is 30.4 Å². The Kier molecular flexibility index (Phi) is 6.30. The predicted molar refractivity (Wildman–Crippen MR) is 51.7 cm³/mol. The Hall–Kier alpha value is 0.350. The smallest absolute Gasteiger partial charge is 0.00954 e. The van der Waals surface area contributed by atoms with Crippen LogP contribution in [0.25, 0.3) is 0 Å². The lowest BCUT2D eigenvalue weighted by molar-refractivity contribution is 0.399. The Morgan fingerprint density at radius 3 is 2.20 bits per heavy atom. The zero-order chi connectivity index (χ0) is 7.98. The lowest BCUT2D eigenvalue weighted by atomic mass is 9.94. The van der Waals surface area contributed by atoms with E-state index in [2.05, 4.69) is 33.4 Å². The van der Waals surface area contributed by atoms with Crippen LogP contribution in [0.15, 0.2) is 0 Å². The fraction of sp³-hybridized carbons (Fsp3) is 1.00. The molecule has 0 aromatic rings. The topological polar surface area (TPSA) is 0 Å². The highest BCUT2D eigenvalue weighted by Crippen LogP contribution is 2.17. The fourth-order valence-electron chi connectivity index (χ4n) is 1.19. The van der Waals surface area contributed by atoms with E-state index in [1.807, 2.05) is 0 Å². The molecule has 0 N–H and O–H groups in total. The molecule has 0 radical (unpaired) electrons. The maximum Gasteiger partial charge on any atom is -0.00954 e. The van der Waals surface area contributed by atoms with Gasteiger partial charge in [0.1, 0.15) is 0 Å². The van der Waals surface area contributed by atoms with Gasteiger partial charge in [0.05, 0.1) is 0 Å². The molecule has 0 aromatic carbocycles. The van der Waals surface area contributed by atoms with Crippen molar-refractivity contribution in [2.45, 2.75) is 40.0 Å². The molecular weight excluding hydrogens is 140 g/mol. The molecule has 2 unspecified atom stereocenters. The third kappa shape index (κ3) is 5.16. The van der Waals surface area contributed by atoms with E-state index in [1.165, 1.54) is 19.3 Å². The largest absolute Gasteiger partial charge is 0.179 e. The van der Waals surface area contributed by atoms with E-state index >= 15 is 0 Å². The highest BCUT2D eigenvalue weighted by atomic mass is 32.1. The lowest BCUT2D eigenvalue weighted by Gasteiger charge is -2.13. The first-order valence-corrected chi connectivity index (χ1v) is 4.94. The Morgan fingerprint density at radius 2 is 1.80 bits per heavy atom. The van der Waals surface area contributed by atoms with E-state index in [4.69, 9.17) is 0 Å². The van der Waals surface area contributed by atoms with E-state index in [1.54, 1.807) is 0 Å². The Labute approximate surface area is 70.8 Å². The molecule has 62 valence electrons. The van der Waals surface area contributed by atoms with Crippen molar-refractivity contribution in [2.75, 3.05) is 5.75 Å². The molecule has 0 rings (SSSR count). The summed E-state index contributed by atoms with van der Waals surface area (Å²) >= 11 is 4.21. The van der Waals surface area contributed by atoms with Crippen LogP contribution in [0.4, 0.5) is 0 Å². The van der Waals surface area contributed by atoms with Crippen molar-refractivity contribution in [3.63, 3.8) is 0 Å². The highest BCUT2D eigenvalue weighted by Gasteiger charge is 2.05. The number of rotatable bonds is 5. The Balaban J connectivity index is 3.27. The lowest BCUT2D eigenvalue weighted by Crippen LogP contribution is -2.02. The maximum absolute atomic E-state index is 4.21. The molecule has 0 spiro atoms. The van der Waals surface area contributed by atoms with E-state index in [0.717, 1.165) is 17.6 Å². The zero-order valence-electron chi connectivity index (χ0n) is 7.43. The van der Waals surface area contributed by atoms with Crippen LogP contribution in [-0.4, -0.2) is 5.75 Å². The van der Waals surface area contributed by atoms with Gasteiger partial charge in [-0.3, -0.25) is 0 Å². The summed E-state index contributed by atoms with van der Waals surface area (Å²) in [5, 5.41) is 0. The predicted octanol–water partition coefficient (Wildman–Crippen LogP) is 3.38. The average Bonchev–Trinajstić information content (AvgIpc) is 1.88. The van der Waals surface area contributed by atoms with Gasteiger partial charge in [-0.25, -0.2) is 0 Å². The maximum atomic E-state index is 4.21. The first-order valence-electron chi connectivity index (χ1n) is 4.31. The van der Waals surface area contributed by atoms with Crippen molar-refractivity contribution < 1.29 is 0 Å². The molecule has 2 atom stereocenters. The summed E-state index contributed by atoms with van der Waals surface area (Å²) in [6.45, 7) is 6.91. The fourth-order valence-corrected chi connectivity index (χ4v) is 1.63. The van der Waals surface area contributed by atoms with Crippen molar-refractivity contribution in [3.8, 4) is 0 Å². The summed E-state index contributed by atoms with van der Waals surface area (Å²) in [7, 11) is 0.